The molecule has 1 aromatic carbocycles. The van der Waals surface area contributed by atoms with Crippen molar-refractivity contribution in [2.75, 3.05) is 33.4 Å². The van der Waals surface area contributed by atoms with Gasteiger partial charge in [0.25, 0.3) is 5.91 Å². The number of esters is 1. The fourth-order valence-electron chi connectivity index (χ4n) is 2.48. The Bertz CT molecular complexity index is 730. The van der Waals surface area contributed by atoms with Crippen molar-refractivity contribution in [2.24, 2.45) is 0 Å². The summed E-state index contributed by atoms with van der Waals surface area (Å²) in [5, 5.41) is 9.35. The average Bonchev–Trinajstić information content (AvgIpc) is 2.67. The first-order valence-electron chi connectivity index (χ1n) is 8.46. The lowest BCUT2D eigenvalue weighted by Crippen LogP contribution is -2.41. The van der Waals surface area contributed by atoms with Gasteiger partial charge in [0, 0.05) is 19.5 Å². The molecule has 1 aliphatic heterocycles. The van der Waals surface area contributed by atoms with Crippen molar-refractivity contribution in [1.29, 1.82) is 5.26 Å². The van der Waals surface area contributed by atoms with E-state index in [-0.39, 0.29) is 17.4 Å². The summed E-state index contributed by atoms with van der Waals surface area (Å²) in [4.78, 5) is 25.7. The molecule has 1 aromatic rings. The molecule has 1 amide bonds. The van der Waals surface area contributed by atoms with Crippen LogP contribution in [0.1, 0.15) is 25.3 Å². The second-order valence-electron chi connectivity index (χ2n) is 5.71. The van der Waals surface area contributed by atoms with Crippen LogP contribution in [0.15, 0.2) is 23.8 Å². The van der Waals surface area contributed by atoms with Crippen LogP contribution in [-0.4, -0.2) is 50.2 Å². The highest BCUT2D eigenvalue weighted by atomic mass is 16.6. The first kappa shape index (κ1) is 19.5. The summed E-state index contributed by atoms with van der Waals surface area (Å²) in [6.45, 7) is 3.76. The Morgan fingerprint density at radius 2 is 2.04 bits per heavy atom. The molecule has 0 spiro atoms. The van der Waals surface area contributed by atoms with Crippen LogP contribution in [-0.2, 0) is 14.3 Å². The third-order valence-electron chi connectivity index (χ3n) is 3.83. The van der Waals surface area contributed by atoms with Crippen LogP contribution in [0.2, 0.25) is 0 Å². The van der Waals surface area contributed by atoms with Crippen LogP contribution < -0.4 is 9.47 Å². The van der Waals surface area contributed by atoms with E-state index >= 15 is 0 Å². The highest BCUT2D eigenvalue weighted by Gasteiger charge is 2.20. The van der Waals surface area contributed by atoms with E-state index in [4.69, 9.17) is 14.2 Å². The lowest BCUT2D eigenvalue weighted by molar-refractivity contribution is -0.134. The zero-order chi connectivity index (χ0) is 18.9. The van der Waals surface area contributed by atoms with Crippen LogP contribution in [0.5, 0.6) is 11.5 Å². The number of methoxy groups -OCH3 is 1. The van der Waals surface area contributed by atoms with Gasteiger partial charge in [-0.05, 0) is 30.2 Å². The fourth-order valence-corrected chi connectivity index (χ4v) is 2.48. The second kappa shape index (κ2) is 9.59. The lowest BCUT2D eigenvalue weighted by Gasteiger charge is -2.26. The van der Waals surface area contributed by atoms with Crippen molar-refractivity contribution in [2.45, 2.75) is 19.8 Å². The predicted molar refractivity (Wildman–Crippen MR) is 94.5 cm³/mol. The van der Waals surface area contributed by atoms with Gasteiger partial charge in [-0.25, -0.2) is 0 Å². The Hall–Kier alpha value is -2.85. The van der Waals surface area contributed by atoms with E-state index in [1.165, 1.54) is 13.2 Å². The third kappa shape index (κ3) is 5.07. The third-order valence-corrected chi connectivity index (χ3v) is 3.83. The smallest absolute Gasteiger partial charge is 0.311 e. The maximum Gasteiger partial charge on any atom is 0.311 e. The number of ether oxygens (including phenoxy) is 3. The minimum absolute atomic E-state index is 0.0321. The number of nitrogens with zero attached hydrogens (tertiary/aromatic N) is 2. The van der Waals surface area contributed by atoms with E-state index in [1.54, 1.807) is 23.1 Å². The van der Waals surface area contributed by atoms with Gasteiger partial charge in [-0.3, -0.25) is 9.59 Å². The van der Waals surface area contributed by atoms with Gasteiger partial charge < -0.3 is 19.1 Å². The van der Waals surface area contributed by atoms with Crippen molar-refractivity contribution in [3.8, 4) is 17.6 Å². The van der Waals surface area contributed by atoms with Gasteiger partial charge in [0.15, 0.2) is 11.5 Å². The van der Waals surface area contributed by atoms with Crippen molar-refractivity contribution in [3.63, 3.8) is 0 Å². The van der Waals surface area contributed by atoms with E-state index in [2.05, 4.69) is 0 Å². The van der Waals surface area contributed by atoms with Crippen molar-refractivity contribution in [3.05, 3.63) is 29.3 Å². The summed E-state index contributed by atoms with van der Waals surface area (Å²) >= 11 is 0. The van der Waals surface area contributed by atoms with Gasteiger partial charge in [-0.15, -0.1) is 0 Å². The largest absolute Gasteiger partial charge is 0.493 e. The standard InChI is InChI=1S/C19H22N2O5/c1-3-4-18(22)26-16-6-5-14(12-17(16)24-2)11-15(13-20)19(23)21-7-9-25-10-8-21/h5-6,11-12H,3-4,7-10H2,1-2H3/b15-11+. The van der Waals surface area contributed by atoms with Crippen molar-refractivity contribution in [1.82, 2.24) is 4.90 Å². The van der Waals surface area contributed by atoms with Crippen LogP contribution in [0.3, 0.4) is 0 Å². The minimum Gasteiger partial charge on any atom is -0.493 e. The molecular formula is C19H22N2O5. The first-order chi connectivity index (χ1) is 12.6. The molecule has 0 radical (unpaired) electrons. The molecule has 7 heteroatoms. The Labute approximate surface area is 152 Å². The van der Waals surface area contributed by atoms with Crippen LogP contribution >= 0.6 is 0 Å². The summed E-state index contributed by atoms with van der Waals surface area (Å²) < 4.78 is 15.7. The van der Waals surface area contributed by atoms with E-state index in [0.29, 0.717) is 56.2 Å². The molecule has 1 heterocycles. The summed E-state index contributed by atoms with van der Waals surface area (Å²) in [7, 11) is 1.46. The number of rotatable bonds is 6. The molecule has 1 aliphatic rings. The number of morpholine rings is 1. The van der Waals surface area contributed by atoms with Crippen LogP contribution in [0.25, 0.3) is 6.08 Å². The lowest BCUT2D eigenvalue weighted by atomic mass is 10.1. The predicted octanol–water partition coefficient (Wildman–Crippen LogP) is 2.17. The number of nitriles is 1. The van der Waals surface area contributed by atoms with Gasteiger partial charge in [0.1, 0.15) is 11.6 Å². The number of hydrogen-bond donors (Lipinski definition) is 0. The SMILES string of the molecule is CCCC(=O)Oc1ccc(/C=C(\C#N)C(=O)N2CCOCC2)cc1OC. The molecule has 0 aliphatic carbocycles. The van der Waals surface area contributed by atoms with Gasteiger partial charge >= 0.3 is 5.97 Å². The van der Waals surface area contributed by atoms with Gasteiger partial charge in [-0.1, -0.05) is 13.0 Å². The molecule has 0 N–H and O–H groups in total. The van der Waals surface area contributed by atoms with Gasteiger partial charge in [-0.2, -0.15) is 5.26 Å². The van der Waals surface area contributed by atoms with E-state index in [1.807, 2.05) is 13.0 Å². The molecule has 0 saturated carbocycles. The quantitative estimate of drug-likeness (QED) is 0.335. The minimum atomic E-state index is -0.339. The molecule has 26 heavy (non-hydrogen) atoms. The maximum absolute atomic E-state index is 12.5. The summed E-state index contributed by atoms with van der Waals surface area (Å²) in [6, 6.07) is 6.83. The van der Waals surface area contributed by atoms with E-state index in [9.17, 15) is 14.9 Å². The Balaban J connectivity index is 2.20. The molecular weight excluding hydrogens is 336 g/mol. The molecule has 0 unspecified atom stereocenters. The van der Waals surface area contributed by atoms with Gasteiger partial charge in [0.05, 0.1) is 20.3 Å². The summed E-state index contributed by atoms with van der Waals surface area (Å²) in [5.41, 5.74) is 0.639. The van der Waals surface area contributed by atoms with E-state index in [0.717, 1.165) is 0 Å². The average molecular weight is 358 g/mol. The first-order valence-corrected chi connectivity index (χ1v) is 8.46. The molecule has 7 nitrogen and oxygen atoms in total. The maximum atomic E-state index is 12.5. The van der Waals surface area contributed by atoms with Crippen LogP contribution in [0, 0.1) is 11.3 Å². The number of amides is 1. The van der Waals surface area contributed by atoms with E-state index < -0.39 is 0 Å². The Kier molecular flexibility index (Phi) is 7.18. The van der Waals surface area contributed by atoms with Gasteiger partial charge in [0.2, 0.25) is 0 Å². The molecule has 1 fully saturated rings. The topological polar surface area (TPSA) is 88.9 Å². The molecule has 2 rings (SSSR count). The number of carbonyl (C=O) groups excluding carboxylic acids is 2. The second-order valence-corrected chi connectivity index (χ2v) is 5.71. The molecule has 0 aromatic heterocycles. The molecule has 1 saturated heterocycles. The van der Waals surface area contributed by atoms with Crippen LogP contribution in [0.4, 0.5) is 0 Å². The monoisotopic (exact) mass is 358 g/mol. The molecule has 0 atom stereocenters. The Morgan fingerprint density at radius 3 is 2.65 bits per heavy atom. The number of hydrogen-bond acceptors (Lipinski definition) is 6. The zero-order valence-electron chi connectivity index (χ0n) is 15.0. The molecule has 0 bridgehead atoms. The molecule has 138 valence electrons. The van der Waals surface area contributed by atoms with Crippen molar-refractivity contribution < 1.29 is 23.8 Å². The zero-order valence-corrected chi connectivity index (χ0v) is 15.0. The fraction of sp³-hybridized carbons (Fsp3) is 0.421. The van der Waals surface area contributed by atoms with Crippen molar-refractivity contribution >= 4 is 18.0 Å². The summed E-state index contributed by atoms with van der Waals surface area (Å²) in [5.74, 6) is 0.00273. The normalized spacial score (nSPS) is 14.5. The summed E-state index contributed by atoms with van der Waals surface area (Å²) in [6.07, 6.45) is 2.51. The number of carbonyl (C=O) groups is 2. The highest BCUT2D eigenvalue weighted by molar-refractivity contribution is 6.01. The Morgan fingerprint density at radius 1 is 1.31 bits per heavy atom. The number of benzene rings is 1. The highest BCUT2D eigenvalue weighted by Crippen LogP contribution is 2.29.